The highest BCUT2D eigenvalue weighted by molar-refractivity contribution is 9.10. The SMILES string of the molecule is Cc1ncc(CNS(=O)(=O)c2cc(N)ccc2Br)s1. The zero-order chi connectivity index (χ0) is 14.0. The molecule has 2 rings (SSSR count). The van der Waals surface area contributed by atoms with E-state index in [1.807, 2.05) is 6.92 Å². The van der Waals surface area contributed by atoms with Crippen LogP contribution in [-0.2, 0) is 16.6 Å². The third kappa shape index (κ3) is 3.53. The Morgan fingerprint density at radius 1 is 1.47 bits per heavy atom. The first-order chi connectivity index (χ1) is 8.88. The number of rotatable bonds is 4. The molecule has 5 nitrogen and oxygen atoms in total. The van der Waals surface area contributed by atoms with Gasteiger partial charge in [-0.3, -0.25) is 0 Å². The molecule has 0 aliphatic heterocycles. The van der Waals surface area contributed by atoms with Gasteiger partial charge in [-0.2, -0.15) is 0 Å². The second kappa shape index (κ2) is 5.58. The van der Waals surface area contributed by atoms with E-state index in [-0.39, 0.29) is 11.4 Å². The molecule has 0 atom stereocenters. The van der Waals surface area contributed by atoms with E-state index >= 15 is 0 Å². The van der Waals surface area contributed by atoms with Crippen molar-refractivity contribution in [2.45, 2.75) is 18.4 Å². The Morgan fingerprint density at radius 3 is 2.84 bits per heavy atom. The molecule has 1 heterocycles. The number of aromatic nitrogens is 1. The summed E-state index contributed by atoms with van der Waals surface area (Å²) < 4.78 is 27.4. The quantitative estimate of drug-likeness (QED) is 0.818. The standard InChI is InChI=1S/C11H12BrN3O2S2/c1-7-14-5-9(18-7)6-15-19(16,17)11-4-8(13)2-3-10(11)12/h2-5,15H,6,13H2,1H3. The lowest BCUT2D eigenvalue weighted by Gasteiger charge is -2.08. The van der Waals surface area contributed by atoms with Crippen LogP contribution in [0, 0.1) is 6.92 Å². The van der Waals surface area contributed by atoms with Gasteiger partial charge in [0, 0.05) is 27.8 Å². The van der Waals surface area contributed by atoms with Crippen molar-refractivity contribution in [2.75, 3.05) is 5.73 Å². The summed E-state index contributed by atoms with van der Waals surface area (Å²) in [6.45, 7) is 2.09. The minimum absolute atomic E-state index is 0.133. The van der Waals surface area contributed by atoms with Gasteiger partial charge in [0.25, 0.3) is 0 Å². The highest BCUT2D eigenvalue weighted by atomic mass is 79.9. The van der Waals surface area contributed by atoms with Crippen LogP contribution in [0.4, 0.5) is 5.69 Å². The number of halogens is 1. The first-order valence-electron chi connectivity index (χ1n) is 5.34. The number of sulfonamides is 1. The van der Waals surface area contributed by atoms with Crippen LogP contribution in [0.15, 0.2) is 33.8 Å². The number of thiazole rings is 1. The number of nitrogens with two attached hydrogens (primary N) is 1. The molecule has 0 radical (unpaired) electrons. The number of hydrogen-bond acceptors (Lipinski definition) is 5. The van der Waals surface area contributed by atoms with Gasteiger partial charge < -0.3 is 5.73 Å². The Kier molecular flexibility index (Phi) is 4.24. The largest absolute Gasteiger partial charge is 0.399 e. The van der Waals surface area contributed by atoms with Gasteiger partial charge in [-0.15, -0.1) is 11.3 Å². The number of nitrogens with one attached hydrogen (secondary N) is 1. The summed E-state index contributed by atoms with van der Waals surface area (Å²) in [5.41, 5.74) is 6.01. The van der Waals surface area contributed by atoms with E-state index in [0.29, 0.717) is 10.2 Å². The average Bonchev–Trinajstić information content (AvgIpc) is 2.76. The fourth-order valence-corrected chi connectivity index (χ4v) is 4.29. The van der Waals surface area contributed by atoms with Crippen molar-refractivity contribution in [2.24, 2.45) is 0 Å². The van der Waals surface area contributed by atoms with Crippen LogP contribution in [-0.4, -0.2) is 13.4 Å². The molecule has 0 unspecified atom stereocenters. The Labute approximate surface area is 124 Å². The van der Waals surface area contributed by atoms with E-state index < -0.39 is 10.0 Å². The van der Waals surface area contributed by atoms with Gasteiger partial charge in [-0.25, -0.2) is 18.1 Å². The number of aryl methyl sites for hydroxylation is 1. The van der Waals surface area contributed by atoms with E-state index in [2.05, 4.69) is 25.6 Å². The second-order valence-electron chi connectivity index (χ2n) is 3.86. The normalized spacial score (nSPS) is 11.7. The third-order valence-corrected chi connectivity index (χ3v) is 5.66. The molecular formula is C11H12BrN3O2S2. The van der Waals surface area contributed by atoms with Crippen LogP contribution in [0.5, 0.6) is 0 Å². The van der Waals surface area contributed by atoms with Crippen molar-refractivity contribution in [1.82, 2.24) is 9.71 Å². The fraction of sp³-hybridized carbons (Fsp3) is 0.182. The molecule has 1 aromatic carbocycles. The Morgan fingerprint density at radius 2 is 2.21 bits per heavy atom. The Bertz CT molecular complexity index is 698. The van der Waals surface area contributed by atoms with Gasteiger partial charge in [0.15, 0.2) is 0 Å². The minimum atomic E-state index is -3.60. The summed E-state index contributed by atoms with van der Waals surface area (Å²) in [5, 5.41) is 0.902. The molecule has 102 valence electrons. The van der Waals surface area contributed by atoms with Crippen LogP contribution in [0.25, 0.3) is 0 Å². The number of anilines is 1. The summed E-state index contributed by atoms with van der Waals surface area (Å²) in [6.07, 6.45) is 1.66. The van der Waals surface area contributed by atoms with Crippen molar-refractivity contribution in [3.63, 3.8) is 0 Å². The Hall–Kier alpha value is -0.960. The molecule has 0 fully saturated rings. The van der Waals surface area contributed by atoms with Gasteiger partial charge in [-0.05, 0) is 41.1 Å². The molecule has 0 aliphatic rings. The average molecular weight is 362 g/mol. The smallest absolute Gasteiger partial charge is 0.242 e. The molecule has 0 saturated carbocycles. The van der Waals surface area contributed by atoms with E-state index in [0.717, 1.165) is 9.88 Å². The first-order valence-corrected chi connectivity index (χ1v) is 8.44. The van der Waals surface area contributed by atoms with E-state index in [1.165, 1.54) is 17.4 Å². The van der Waals surface area contributed by atoms with Crippen molar-refractivity contribution in [3.05, 3.63) is 38.8 Å². The molecule has 0 spiro atoms. The van der Waals surface area contributed by atoms with Crippen molar-refractivity contribution in [1.29, 1.82) is 0 Å². The van der Waals surface area contributed by atoms with E-state index in [1.54, 1.807) is 18.3 Å². The van der Waals surface area contributed by atoms with Gasteiger partial charge in [-0.1, -0.05) is 0 Å². The third-order valence-electron chi connectivity index (χ3n) is 2.35. The maximum absolute atomic E-state index is 12.2. The van der Waals surface area contributed by atoms with E-state index in [4.69, 9.17) is 5.73 Å². The monoisotopic (exact) mass is 361 g/mol. The summed E-state index contributed by atoms with van der Waals surface area (Å²) >= 11 is 4.67. The van der Waals surface area contributed by atoms with Crippen LogP contribution in [0.3, 0.4) is 0 Å². The summed E-state index contributed by atoms with van der Waals surface area (Å²) in [7, 11) is -3.60. The molecular weight excluding hydrogens is 350 g/mol. The summed E-state index contributed by atoms with van der Waals surface area (Å²) in [4.78, 5) is 5.07. The molecule has 1 aromatic heterocycles. The maximum Gasteiger partial charge on any atom is 0.242 e. The van der Waals surface area contributed by atoms with Gasteiger partial charge in [0.05, 0.1) is 9.90 Å². The lowest BCUT2D eigenvalue weighted by atomic mass is 10.3. The Balaban J connectivity index is 2.20. The summed E-state index contributed by atoms with van der Waals surface area (Å²) in [6, 6.07) is 4.67. The van der Waals surface area contributed by atoms with E-state index in [9.17, 15) is 8.42 Å². The lowest BCUT2D eigenvalue weighted by Crippen LogP contribution is -2.23. The van der Waals surface area contributed by atoms with Crippen molar-refractivity contribution >= 4 is 43.0 Å². The number of hydrogen-bond donors (Lipinski definition) is 2. The second-order valence-corrected chi connectivity index (χ2v) is 7.77. The predicted molar refractivity (Wildman–Crippen MR) is 79.4 cm³/mol. The van der Waals surface area contributed by atoms with Crippen molar-refractivity contribution < 1.29 is 8.42 Å². The number of benzene rings is 1. The highest BCUT2D eigenvalue weighted by Gasteiger charge is 2.18. The molecule has 0 saturated heterocycles. The molecule has 3 N–H and O–H groups in total. The number of nitrogen functional groups attached to an aromatic ring is 1. The molecule has 0 amide bonds. The molecule has 0 bridgehead atoms. The van der Waals surface area contributed by atoms with Crippen LogP contribution < -0.4 is 10.5 Å². The topological polar surface area (TPSA) is 85.1 Å². The fourth-order valence-electron chi connectivity index (χ4n) is 1.46. The highest BCUT2D eigenvalue weighted by Crippen LogP contribution is 2.24. The zero-order valence-corrected chi connectivity index (χ0v) is 13.3. The lowest BCUT2D eigenvalue weighted by molar-refractivity contribution is 0.581. The maximum atomic E-state index is 12.2. The molecule has 19 heavy (non-hydrogen) atoms. The molecule has 0 aliphatic carbocycles. The van der Waals surface area contributed by atoms with Gasteiger partial charge >= 0.3 is 0 Å². The van der Waals surface area contributed by atoms with Gasteiger partial charge in [0.2, 0.25) is 10.0 Å². The minimum Gasteiger partial charge on any atom is -0.399 e. The van der Waals surface area contributed by atoms with Crippen molar-refractivity contribution in [3.8, 4) is 0 Å². The van der Waals surface area contributed by atoms with Crippen LogP contribution in [0.1, 0.15) is 9.88 Å². The zero-order valence-electron chi connectivity index (χ0n) is 10.1. The summed E-state index contributed by atoms with van der Waals surface area (Å²) in [5.74, 6) is 0. The van der Waals surface area contributed by atoms with Crippen LogP contribution >= 0.6 is 27.3 Å². The molecule has 2 aromatic rings. The number of nitrogens with zero attached hydrogens (tertiary/aromatic N) is 1. The molecule has 8 heteroatoms. The van der Waals surface area contributed by atoms with Crippen LogP contribution in [0.2, 0.25) is 0 Å². The predicted octanol–water partition coefficient (Wildman–Crippen LogP) is 2.27. The van der Waals surface area contributed by atoms with Gasteiger partial charge in [0.1, 0.15) is 0 Å². The first kappa shape index (κ1) is 14.4.